The van der Waals surface area contributed by atoms with Gasteiger partial charge in [0.05, 0.1) is 12.2 Å². The highest BCUT2D eigenvalue weighted by atomic mass is 15.3. The molecule has 0 fully saturated rings. The molecule has 14 heavy (non-hydrogen) atoms. The zero-order chi connectivity index (χ0) is 9.97. The van der Waals surface area contributed by atoms with Gasteiger partial charge in [-0.25, -0.2) is 9.97 Å². The zero-order valence-corrected chi connectivity index (χ0v) is 7.88. The molecule has 2 heterocycles. The van der Waals surface area contributed by atoms with Gasteiger partial charge in [-0.3, -0.25) is 4.68 Å². The number of hydrogen-bond acceptors (Lipinski definition) is 4. The third-order valence-corrected chi connectivity index (χ3v) is 1.97. The summed E-state index contributed by atoms with van der Waals surface area (Å²) in [5.74, 6) is 0.298. The highest BCUT2D eigenvalue weighted by Gasteiger charge is 2.00. The molecule has 0 unspecified atom stereocenters. The lowest BCUT2D eigenvalue weighted by molar-refractivity contribution is 0.652. The molecule has 0 aromatic carbocycles. The van der Waals surface area contributed by atoms with E-state index in [0.717, 1.165) is 11.4 Å². The lowest BCUT2D eigenvalue weighted by atomic mass is 10.4. The van der Waals surface area contributed by atoms with Gasteiger partial charge < -0.3 is 5.73 Å². The van der Waals surface area contributed by atoms with Gasteiger partial charge in [0.15, 0.2) is 0 Å². The van der Waals surface area contributed by atoms with Gasteiger partial charge in [0.1, 0.15) is 0 Å². The first-order valence-corrected chi connectivity index (χ1v) is 4.31. The number of nitrogens with zero attached hydrogens (tertiary/aromatic N) is 4. The molecule has 0 spiro atoms. The average Bonchev–Trinajstić information content (AvgIpc) is 2.52. The van der Waals surface area contributed by atoms with Crippen LogP contribution in [0.4, 0.5) is 5.95 Å². The van der Waals surface area contributed by atoms with E-state index >= 15 is 0 Å². The summed E-state index contributed by atoms with van der Waals surface area (Å²) in [7, 11) is 0. The Morgan fingerprint density at radius 1 is 1.36 bits per heavy atom. The molecule has 0 atom stereocenters. The highest BCUT2D eigenvalue weighted by Crippen LogP contribution is 2.02. The molecule has 5 heteroatoms. The number of hydrogen-bond donors (Lipinski definition) is 1. The van der Waals surface area contributed by atoms with Crippen molar-refractivity contribution < 1.29 is 0 Å². The molecule has 0 saturated carbocycles. The predicted molar refractivity (Wildman–Crippen MR) is 52.5 cm³/mol. The second-order valence-corrected chi connectivity index (χ2v) is 3.04. The van der Waals surface area contributed by atoms with E-state index in [1.807, 2.05) is 23.7 Å². The second kappa shape index (κ2) is 3.45. The van der Waals surface area contributed by atoms with Crippen molar-refractivity contribution in [3.8, 4) is 0 Å². The van der Waals surface area contributed by atoms with E-state index in [2.05, 4.69) is 15.1 Å². The van der Waals surface area contributed by atoms with Gasteiger partial charge in [0, 0.05) is 18.1 Å². The van der Waals surface area contributed by atoms with E-state index < -0.39 is 0 Å². The van der Waals surface area contributed by atoms with E-state index in [9.17, 15) is 0 Å². The summed E-state index contributed by atoms with van der Waals surface area (Å²) in [5, 5.41) is 4.16. The molecule has 0 radical (unpaired) electrons. The number of nitrogen functional groups attached to an aromatic ring is 1. The largest absolute Gasteiger partial charge is 0.368 e. The normalized spacial score (nSPS) is 10.4. The summed E-state index contributed by atoms with van der Waals surface area (Å²) in [5.41, 5.74) is 7.44. The van der Waals surface area contributed by atoms with Crippen LogP contribution in [0.15, 0.2) is 24.5 Å². The van der Waals surface area contributed by atoms with Gasteiger partial charge >= 0.3 is 0 Å². The third-order valence-electron chi connectivity index (χ3n) is 1.97. The number of anilines is 1. The standard InChI is InChI=1S/C9H11N5/c1-7-2-5-12-14(7)6-8-3-4-11-9(10)13-8/h2-5H,6H2,1H3,(H2,10,11,13). The number of aromatic nitrogens is 4. The van der Waals surface area contributed by atoms with Gasteiger partial charge in [-0.15, -0.1) is 0 Å². The first kappa shape index (κ1) is 8.68. The summed E-state index contributed by atoms with van der Waals surface area (Å²) in [4.78, 5) is 7.92. The maximum Gasteiger partial charge on any atom is 0.220 e. The van der Waals surface area contributed by atoms with Gasteiger partial charge in [-0.1, -0.05) is 0 Å². The fourth-order valence-electron chi connectivity index (χ4n) is 1.22. The summed E-state index contributed by atoms with van der Waals surface area (Å²) < 4.78 is 1.86. The van der Waals surface area contributed by atoms with Crippen LogP contribution in [0.25, 0.3) is 0 Å². The van der Waals surface area contributed by atoms with Crippen molar-refractivity contribution >= 4 is 5.95 Å². The maximum absolute atomic E-state index is 5.47. The molecule has 0 aliphatic rings. The Kier molecular flexibility index (Phi) is 2.14. The van der Waals surface area contributed by atoms with Crippen LogP contribution in [0.5, 0.6) is 0 Å². The molecule has 5 nitrogen and oxygen atoms in total. The molecule has 2 aromatic heterocycles. The molecule has 0 bridgehead atoms. The van der Waals surface area contributed by atoms with Crippen LogP contribution in [-0.2, 0) is 6.54 Å². The second-order valence-electron chi connectivity index (χ2n) is 3.04. The molecule has 72 valence electrons. The minimum Gasteiger partial charge on any atom is -0.368 e. The Labute approximate surface area is 81.6 Å². The quantitative estimate of drug-likeness (QED) is 0.751. The van der Waals surface area contributed by atoms with Crippen LogP contribution in [-0.4, -0.2) is 19.7 Å². The van der Waals surface area contributed by atoms with Crippen LogP contribution < -0.4 is 5.73 Å². The Morgan fingerprint density at radius 2 is 2.21 bits per heavy atom. The van der Waals surface area contributed by atoms with Crippen molar-refractivity contribution in [2.75, 3.05) is 5.73 Å². The number of aryl methyl sites for hydroxylation is 1. The minimum absolute atomic E-state index is 0.298. The van der Waals surface area contributed by atoms with Crippen molar-refractivity contribution in [3.63, 3.8) is 0 Å². The van der Waals surface area contributed by atoms with Crippen LogP contribution in [0, 0.1) is 6.92 Å². The Bertz CT molecular complexity index is 434. The fraction of sp³-hybridized carbons (Fsp3) is 0.222. The van der Waals surface area contributed by atoms with E-state index in [1.165, 1.54) is 0 Å². The van der Waals surface area contributed by atoms with Gasteiger partial charge in [0.2, 0.25) is 5.95 Å². The van der Waals surface area contributed by atoms with Gasteiger partial charge in [-0.05, 0) is 19.1 Å². The minimum atomic E-state index is 0.298. The molecule has 0 saturated heterocycles. The van der Waals surface area contributed by atoms with Gasteiger partial charge in [0.25, 0.3) is 0 Å². The molecule has 0 aliphatic heterocycles. The summed E-state index contributed by atoms with van der Waals surface area (Å²) in [6, 6.07) is 3.78. The van der Waals surface area contributed by atoms with Crippen molar-refractivity contribution in [3.05, 3.63) is 35.9 Å². The van der Waals surface area contributed by atoms with Crippen LogP contribution in [0.1, 0.15) is 11.4 Å². The van der Waals surface area contributed by atoms with Crippen molar-refractivity contribution in [2.24, 2.45) is 0 Å². The third kappa shape index (κ3) is 1.71. The first-order chi connectivity index (χ1) is 6.75. The lowest BCUT2D eigenvalue weighted by Crippen LogP contribution is -2.06. The molecular formula is C9H11N5. The van der Waals surface area contributed by atoms with Crippen LogP contribution in [0.3, 0.4) is 0 Å². The fourth-order valence-corrected chi connectivity index (χ4v) is 1.22. The Morgan fingerprint density at radius 3 is 2.86 bits per heavy atom. The molecular weight excluding hydrogens is 178 g/mol. The SMILES string of the molecule is Cc1ccnn1Cc1ccnc(N)n1. The summed E-state index contributed by atoms with van der Waals surface area (Å²) in [6.07, 6.45) is 3.41. The average molecular weight is 189 g/mol. The Hall–Kier alpha value is -1.91. The lowest BCUT2D eigenvalue weighted by Gasteiger charge is -2.03. The van der Waals surface area contributed by atoms with Crippen molar-refractivity contribution in [1.82, 2.24) is 19.7 Å². The smallest absolute Gasteiger partial charge is 0.220 e. The van der Waals surface area contributed by atoms with E-state index in [1.54, 1.807) is 12.4 Å². The number of rotatable bonds is 2. The van der Waals surface area contributed by atoms with Crippen molar-refractivity contribution in [2.45, 2.75) is 13.5 Å². The molecule has 0 aliphatic carbocycles. The number of nitrogens with two attached hydrogens (primary N) is 1. The van der Waals surface area contributed by atoms with E-state index in [-0.39, 0.29) is 0 Å². The first-order valence-electron chi connectivity index (χ1n) is 4.31. The Balaban J connectivity index is 2.23. The topological polar surface area (TPSA) is 69.6 Å². The maximum atomic E-state index is 5.47. The zero-order valence-electron chi connectivity index (χ0n) is 7.88. The molecule has 2 rings (SSSR count). The molecule has 2 aromatic rings. The summed E-state index contributed by atoms with van der Waals surface area (Å²) >= 11 is 0. The van der Waals surface area contributed by atoms with E-state index in [0.29, 0.717) is 12.5 Å². The highest BCUT2D eigenvalue weighted by molar-refractivity contribution is 5.17. The monoisotopic (exact) mass is 189 g/mol. The molecule has 0 amide bonds. The van der Waals surface area contributed by atoms with Crippen LogP contribution >= 0.6 is 0 Å². The molecule has 2 N–H and O–H groups in total. The van der Waals surface area contributed by atoms with Crippen molar-refractivity contribution in [1.29, 1.82) is 0 Å². The predicted octanol–water partition coefficient (Wildman–Crippen LogP) is 0.612. The van der Waals surface area contributed by atoms with Gasteiger partial charge in [-0.2, -0.15) is 5.10 Å². The van der Waals surface area contributed by atoms with Crippen LogP contribution in [0.2, 0.25) is 0 Å². The summed E-state index contributed by atoms with van der Waals surface area (Å²) in [6.45, 7) is 2.63. The van der Waals surface area contributed by atoms with E-state index in [4.69, 9.17) is 5.73 Å².